The molecule has 16 heavy (non-hydrogen) atoms. The summed E-state index contributed by atoms with van der Waals surface area (Å²) in [6.45, 7) is 5.70. The van der Waals surface area contributed by atoms with Gasteiger partial charge >= 0.3 is 0 Å². The van der Waals surface area contributed by atoms with E-state index in [9.17, 15) is 0 Å². The van der Waals surface area contributed by atoms with E-state index in [-0.39, 0.29) is 0 Å². The third-order valence-electron chi connectivity index (χ3n) is 2.99. The Hall–Kier alpha value is -0.830. The van der Waals surface area contributed by atoms with E-state index in [0.29, 0.717) is 0 Å². The standard InChI is InChI=1S/C13H25N3/c1-11(2)9-12(10-14-3)5-6-13-15-7-8-16(13)4/h7-8,11-12,14H,5-6,9-10H2,1-4H3. The van der Waals surface area contributed by atoms with Gasteiger partial charge in [-0.2, -0.15) is 0 Å². The number of nitrogens with one attached hydrogen (secondary N) is 1. The summed E-state index contributed by atoms with van der Waals surface area (Å²) < 4.78 is 2.12. The van der Waals surface area contributed by atoms with Gasteiger partial charge in [0.25, 0.3) is 0 Å². The monoisotopic (exact) mass is 223 g/mol. The maximum atomic E-state index is 4.37. The Morgan fingerprint density at radius 2 is 2.19 bits per heavy atom. The van der Waals surface area contributed by atoms with Gasteiger partial charge in [-0.3, -0.25) is 0 Å². The van der Waals surface area contributed by atoms with E-state index in [4.69, 9.17) is 0 Å². The molecule has 1 heterocycles. The smallest absolute Gasteiger partial charge is 0.108 e. The third kappa shape index (κ3) is 4.35. The molecule has 1 aromatic heterocycles. The fraction of sp³-hybridized carbons (Fsp3) is 0.769. The van der Waals surface area contributed by atoms with Gasteiger partial charge in [0.05, 0.1) is 0 Å². The Morgan fingerprint density at radius 1 is 1.44 bits per heavy atom. The van der Waals surface area contributed by atoms with E-state index < -0.39 is 0 Å². The van der Waals surface area contributed by atoms with Crippen molar-refractivity contribution in [1.29, 1.82) is 0 Å². The van der Waals surface area contributed by atoms with Crippen LogP contribution in [0.5, 0.6) is 0 Å². The molecule has 1 rings (SSSR count). The Bertz CT molecular complexity index is 291. The first-order valence-corrected chi connectivity index (χ1v) is 6.24. The van der Waals surface area contributed by atoms with Crippen LogP contribution in [0.25, 0.3) is 0 Å². The second-order valence-electron chi connectivity index (χ2n) is 5.05. The average Bonchev–Trinajstić information content (AvgIpc) is 2.60. The van der Waals surface area contributed by atoms with E-state index in [1.54, 1.807) is 0 Å². The lowest BCUT2D eigenvalue weighted by Crippen LogP contribution is -2.21. The minimum absolute atomic E-state index is 0.765. The summed E-state index contributed by atoms with van der Waals surface area (Å²) in [6, 6.07) is 0. The van der Waals surface area contributed by atoms with Gasteiger partial charge in [0.2, 0.25) is 0 Å². The van der Waals surface area contributed by atoms with Crippen LogP contribution in [-0.4, -0.2) is 23.1 Å². The molecule has 0 amide bonds. The van der Waals surface area contributed by atoms with Gasteiger partial charge in [0, 0.05) is 25.9 Å². The van der Waals surface area contributed by atoms with Crippen LogP contribution in [0.15, 0.2) is 12.4 Å². The first-order chi connectivity index (χ1) is 7.63. The summed E-state index contributed by atoms with van der Waals surface area (Å²) in [6.07, 6.45) is 7.51. The maximum absolute atomic E-state index is 4.37. The summed E-state index contributed by atoms with van der Waals surface area (Å²) in [5, 5.41) is 3.29. The fourth-order valence-electron chi connectivity index (χ4n) is 2.23. The van der Waals surface area contributed by atoms with Gasteiger partial charge in [-0.1, -0.05) is 13.8 Å². The van der Waals surface area contributed by atoms with Crippen LogP contribution in [0.4, 0.5) is 0 Å². The van der Waals surface area contributed by atoms with Crippen molar-refractivity contribution in [3.8, 4) is 0 Å². The first-order valence-electron chi connectivity index (χ1n) is 6.24. The highest BCUT2D eigenvalue weighted by molar-refractivity contribution is 4.91. The molecule has 92 valence electrons. The molecule has 0 saturated heterocycles. The predicted molar refractivity (Wildman–Crippen MR) is 68.4 cm³/mol. The molecule has 0 aliphatic rings. The lowest BCUT2D eigenvalue weighted by Gasteiger charge is -2.18. The highest BCUT2D eigenvalue weighted by Crippen LogP contribution is 2.16. The van der Waals surface area contributed by atoms with E-state index in [1.165, 1.54) is 18.7 Å². The Morgan fingerprint density at radius 3 is 2.69 bits per heavy atom. The molecular formula is C13H25N3. The second-order valence-corrected chi connectivity index (χ2v) is 5.05. The number of hydrogen-bond donors (Lipinski definition) is 1. The van der Waals surface area contributed by atoms with Gasteiger partial charge in [0.1, 0.15) is 5.82 Å². The molecule has 1 unspecified atom stereocenters. The van der Waals surface area contributed by atoms with Gasteiger partial charge in [-0.05, 0) is 38.3 Å². The zero-order valence-corrected chi connectivity index (χ0v) is 11.0. The third-order valence-corrected chi connectivity index (χ3v) is 2.99. The molecule has 0 aliphatic carbocycles. The summed E-state index contributed by atoms with van der Waals surface area (Å²) in [7, 11) is 4.10. The van der Waals surface area contributed by atoms with Gasteiger partial charge in [-0.25, -0.2) is 4.98 Å². The number of hydrogen-bond acceptors (Lipinski definition) is 2. The van der Waals surface area contributed by atoms with Crippen molar-refractivity contribution in [2.75, 3.05) is 13.6 Å². The molecule has 0 spiro atoms. The maximum Gasteiger partial charge on any atom is 0.108 e. The molecule has 0 fully saturated rings. The number of rotatable bonds is 7. The van der Waals surface area contributed by atoms with Crippen LogP contribution in [0.3, 0.4) is 0 Å². The van der Waals surface area contributed by atoms with E-state index in [1.807, 2.05) is 19.4 Å². The molecule has 0 bridgehead atoms. The summed E-state index contributed by atoms with van der Waals surface area (Å²) >= 11 is 0. The number of aromatic nitrogens is 2. The van der Waals surface area contributed by atoms with Crippen LogP contribution in [0.2, 0.25) is 0 Å². The molecular weight excluding hydrogens is 198 g/mol. The van der Waals surface area contributed by atoms with E-state index >= 15 is 0 Å². The quantitative estimate of drug-likeness (QED) is 0.768. The molecule has 0 saturated carbocycles. The molecule has 1 atom stereocenters. The molecule has 0 aromatic carbocycles. The number of imidazole rings is 1. The van der Waals surface area contributed by atoms with Crippen molar-refractivity contribution >= 4 is 0 Å². The zero-order chi connectivity index (χ0) is 12.0. The molecule has 1 N–H and O–H groups in total. The van der Waals surface area contributed by atoms with Crippen molar-refractivity contribution in [1.82, 2.24) is 14.9 Å². The van der Waals surface area contributed by atoms with Crippen molar-refractivity contribution in [3.05, 3.63) is 18.2 Å². The zero-order valence-electron chi connectivity index (χ0n) is 11.0. The predicted octanol–water partition coefficient (Wildman–Crippen LogP) is 2.23. The Kier molecular flexibility index (Phi) is 5.53. The topological polar surface area (TPSA) is 29.9 Å². The van der Waals surface area contributed by atoms with Crippen LogP contribution in [-0.2, 0) is 13.5 Å². The van der Waals surface area contributed by atoms with Crippen LogP contribution in [0.1, 0.15) is 32.5 Å². The first kappa shape index (κ1) is 13.2. The lowest BCUT2D eigenvalue weighted by atomic mass is 9.92. The SMILES string of the molecule is CNCC(CCc1nccn1C)CC(C)C. The van der Waals surface area contributed by atoms with Crippen LogP contribution < -0.4 is 5.32 Å². The van der Waals surface area contributed by atoms with Crippen LogP contribution >= 0.6 is 0 Å². The molecule has 0 aliphatic heterocycles. The molecule has 3 heteroatoms. The normalized spacial score (nSPS) is 13.3. The minimum atomic E-state index is 0.765. The van der Waals surface area contributed by atoms with Crippen LogP contribution in [0, 0.1) is 11.8 Å². The highest BCUT2D eigenvalue weighted by Gasteiger charge is 2.11. The summed E-state index contributed by atoms with van der Waals surface area (Å²) in [5.41, 5.74) is 0. The summed E-state index contributed by atoms with van der Waals surface area (Å²) in [4.78, 5) is 4.37. The molecule has 0 radical (unpaired) electrons. The average molecular weight is 223 g/mol. The largest absolute Gasteiger partial charge is 0.338 e. The highest BCUT2D eigenvalue weighted by atomic mass is 15.0. The van der Waals surface area contributed by atoms with Crippen molar-refractivity contribution < 1.29 is 0 Å². The number of nitrogens with zero attached hydrogens (tertiary/aromatic N) is 2. The Balaban J connectivity index is 2.40. The van der Waals surface area contributed by atoms with Crippen molar-refractivity contribution in [3.63, 3.8) is 0 Å². The molecule has 1 aromatic rings. The lowest BCUT2D eigenvalue weighted by molar-refractivity contribution is 0.372. The minimum Gasteiger partial charge on any atom is -0.338 e. The number of aryl methyl sites for hydroxylation is 2. The molecule has 3 nitrogen and oxygen atoms in total. The van der Waals surface area contributed by atoms with E-state index in [2.05, 4.69) is 35.8 Å². The fourth-order valence-corrected chi connectivity index (χ4v) is 2.23. The van der Waals surface area contributed by atoms with Crippen molar-refractivity contribution in [2.45, 2.75) is 33.1 Å². The van der Waals surface area contributed by atoms with Crippen molar-refractivity contribution in [2.24, 2.45) is 18.9 Å². The second kappa shape index (κ2) is 6.69. The van der Waals surface area contributed by atoms with E-state index in [0.717, 1.165) is 24.8 Å². The summed E-state index contributed by atoms with van der Waals surface area (Å²) in [5.74, 6) is 2.74. The Labute approximate surface area is 99.3 Å². The van der Waals surface area contributed by atoms with Gasteiger partial charge < -0.3 is 9.88 Å². The van der Waals surface area contributed by atoms with Gasteiger partial charge in [-0.15, -0.1) is 0 Å². The van der Waals surface area contributed by atoms with Gasteiger partial charge in [0.15, 0.2) is 0 Å².